The smallest absolute Gasteiger partial charge is 0.253 e. The number of nitrogens with one attached hydrogen (secondary N) is 2. The van der Waals surface area contributed by atoms with E-state index in [1.54, 1.807) is 6.07 Å². The molecule has 0 radical (unpaired) electrons. The third-order valence-corrected chi connectivity index (χ3v) is 11.4. The summed E-state index contributed by atoms with van der Waals surface area (Å²) in [5.74, 6) is 0.570. The molecule has 1 unspecified atom stereocenters. The van der Waals surface area contributed by atoms with Gasteiger partial charge in [0.15, 0.2) is 0 Å². The number of aromatic nitrogens is 1. The van der Waals surface area contributed by atoms with Crippen molar-refractivity contribution in [2.24, 2.45) is 11.3 Å². The minimum Gasteiger partial charge on any atom is -0.381 e. The standard InChI is InChI=1S/C34H51N3O4S/c1-23-26(31(38)35-30-21-34(30)15-17-41-18-16-34)20-28(37(23)22-24-11-9-8-10-12-24)25-13-14-29(27(19-25)32(2,3)4)42(39,40)36-33(5,6)7/h13-14,19-20,24,30,36H,8-12,15-18,21-22H2,1-7H3,(H,35,38). The largest absolute Gasteiger partial charge is 0.381 e. The highest BCUT2D eigenvalue weighted by Gasteiger charge is 2.55. The lowest BCUT2D eigenvalue weighted by atomic mass is 9.85. The minimum atomic E-state index is -3.73. The zero-order valence-electron chi connectivity index (χ0n) is 26.7. The SMILES string of the molecule is Cc1c(C(=O)NC2CC23CCOCC3)cc(-c2ccc(S(=O)(=O)NC(C)(C)C)c(C(C)(C)C)c2)n1CC1CCCCC1. The van der Waals surface area contributed by atoms with Crippen molar-refractivity contribution in [3.05, 3.63) is 41.1 Å². The highest BCUT2D eigenvalue weighted by atomic mass is 32.2. The predicted octanol–water partition coefficient (Wildman–Crippen LogP) is 6.72. The summed E-state index contributed by atoms with van der Waals surface area (Å²) in [5, 5.41) is 3.36. The summed E-state index contributed by atoms with van der Waals surface area (Å²) in [5.41, 5.74) is 3.61. The summed E-state index contributed by atoms with van der Waals surface area (Å²) in [6.45, 7) is 16.2. The second kappa shape index (κ2) is 11.4. The van der Waals surface area contributed by atoms with Crippen LogP contribution in [0.3, 0.4) is 0 Å². The molecule has 2 N–H and O–H groups in total. The Morgan fingerprint density at radius 3 is 2.31 bits per heavy atom. The van der Waals surface area contributed by atoms with E-state index in [0.717, 1.165) is 67.1 Å². The van der Waals surface area contributed by atoms with Crippen LogP contribution < -0.4 is 10.0 Å². The van der Waals surface area contributed by atoms with Crippen LogP contribution in [0.2, 0.25) is 0 Å². The zero-order valence-corrected chi connectivity index (χ0v) is 27.5. The molecule has 42 heavy (non-hydrogen) atoms. The van der Waals surface area contributed by atoms with Gasteiger partial charge in [-0.05, 0) is 106 Å². The molecule has 2 saturated carbocycles. The lowest BCUT2D eigenvalue weighted by Crippen LogP contribution is -2.41. The molecule has 7 nitrogen and oxygen atoms in total. The maximum Gasteiger partial charge on any atom is 0.253 e. The molecular weight excluding hydrogens is 546 g/mol. The fourth-order valence-corrected chi connectivity index (χ4v) is 8.88. The van der Waals surface area contributed by atoms with Gasteiger partial charge in [-0.25, -0.2) is 13.1 Å². The second-order valence-electron chi connectivity index (χ2n) is 15.2. The summed E-state index contributed by atoms with van der Waals surface area (Å²) in [7, 11) is -3.73. The molecule has 1 atom stereocenters. The molecule has 2 heterocycles. The average molecular weight is 598 g/mol. The minimum absolute atomic E-state index is 0.00543. The molecule has 1 aromatic carbocycles. The number of nitrogens with zero attached hydrogens (tertiary/aromatic N) is 1. The van der Waals surface area contributed by atoms with Crippen molar-refractivity contribution in [2.45, 2.75) is 128 Å². The summed E-state index contributed by atoms with van der Waals surface area (Å²) in [6.07, 6.45) is 9.26. The Labute approximate surface area is 253 Å². The molecule has 1 saturated heterocycles. The van der Waals surface area contributed by atoms with Crippen LogP contribution in [0.1, 0.15) is 115 Å². The lowest BCUT2D eigenvalue weighted by molar-refractivity contribution is 0.0535. The second-order valence-corrected chi connectivity index (χ2v) is 16.8. The summed E-state index contributed by atoms with van der Waals surface area (Å²) >= 11 is 0. The van der Waals surface area contributed by atoms with Gasteiger partial charge in [0.25, 0.3) is 5.91 Å². The Kier molecular flexibility index (Phi) is 8.49. The molecule has 1 spiro atoms. The van der Waals surface area contributed by atoms with Gasteiger partial charge >= 0.3 is 0 Å². The number of benzene rings is 1. The zero-order chi connectivity index (χ0) is 30.5. The number of sulfonamides is 1. The molecular formula is C34H51N3O4S. The number of carbonyl (C=O) groups excluding carboxylic acids is 1. The molecule has 1 aromatic heterocycles. The van der Waals surface area contributed by atoms with Crippen LogP contribution in [0.5, 0.6) is 0 Å². The van der Waals surface area contributed by atoms with Crippen molar-refractivity contribution in [1.82, 2.24) is 14.6 Å². The van der Waals surface area contributed by atoms with Gasteiger partial charge in [-0.15, -0.1) is 0 Å². The quantitative estimate of drug-likeness (QED) is 0.371. The van der Waals surface area contributed by atoms with Crippen LogP contribution in [0.25, 0.3) is 11.3 Å². The normalized spacial score (nSPS) is 21.5. The molecule has 2 aliphatic carbocycles. The van der Waals surface area contributed by atoms with Gasteiger partial charge in [-0.1, -0.05) is 46.1 Å². The summed E-state index contributed by atoms with van der Waals surface area (Å²) in [6, 6.07) is 7.94. The van der Waals surface area contributed by atoms with E-state index in [1.807, 2.05) is 39.0 Å². The van der Waals surface area contributed by atoms with Crippen LogP contribution in [-0.4, -0.2) is 43.7 Å². The van der Waals surface area contributed by atoms with Gasteiger partial charge in [-0.3, -0.25) is 4.79 Å². The van der Waals surface area contributed by atoms with E-state index in [2.05, 4.69) is 42.3 Å². The van der Waals surface area contributed by atoms with Crippen LogP contribution >= 0.6 is 0 Å². The molecule has 5 rings (SSSR count). The third-order valence-electron chi connectivity index (χ3n) is 9.57. The van der Waals surface area contributed by atoms with E-state index in [9.17, 15) is 13.2 Å². The Hall–Kier alpha value is -2.16. The van der Waals surface area contributed by atoms with Gasteiger partial charge in [0.1, 0.15) is 0 Å². The van der Waals surface area contributed by atoms with Crippen molar-refractivity contribution in [3.63, 3.8) is 0 Å². The number of hydrogen-bond donors (Lipinski definition) is 2. The molecule has 8 heteroatoms. The molecule has 3 fully saturated rings. The highest BCUT2D eigenvalue weighted by molar-refractivity contribution is 7.89. The molecule has 2 aromatic rings. The molecule has 0 bridgehead atoms. The maximum atomic E-state index is 13.7. The van der Waals surface area contributed by atoms with Crippen LogP contribution in [0.4, 0.5) is 0 Å². The van der Waals surface area contributed by atoms with E-state index in [4.69, 9.17) is 4.74 Å². The van der Waals surface area contributed by atoms with Crippen molar-refractivity contribution in [1.29, 1.82) is 0 Å². The Morgan fingerprint density at radius 2 is 1.69 bits per heavy atom. The van der Waals surface area contributed by atoms with Gasteiger partial charge in [0.05, 0.1) is 10.5 Å². The first-order valence-electron chi connectivity index (χ1n) is 15.9. The van der Waals surface area contributed by atoms with E-state index in [-0.39, 0.29) is 17.4 Å². The fourth-order valence-electron chi connectivity index (χ4n) is 7.06. The van der Waals surface area contributed by atoms with Crippen molar-refractivity contribution in [2.75, 3.05) is 13.2 Å². The van der Waals surface area contributed by atoms with Crippen LogP contribution in [0, 0.1) is 18.3 Å². The van der Waals surface area contributed by atoms with Gasteiger partial charge in [0, 0.05) is 42.7 Å². The number of carbonyl (C=O) groups is 1. The van der Waals surface area contributed by atoms with Gasteiger partial charge < -0.3 is 14.6 Å². The predicted molar refractivity (Wildman–Crippen MR) is 168 cm³/mol. The summed E-state index contributed by atoms with van der Waals surface area (Å²) < 4.78 is 37.7. The van der Waals surface area contributed by atoms with Crippen molar-refractivity contribution >= 4 is 15.9 Å². The number of amides is 1. The molecule has 1 aliphatic heterocycles. The van der Waals surface area contributed by atoms with Crippen LogP contribution in [0.15, 0.2) is 29.2 Å². The monoisotopic (exact) mass is 597 g/mol. The van der Waals surface area contributed by atoms with E-state index >= 15 is 0 Å². The first kappa shape index (κ1) is 31.3. The van der Waals surface area contributed by atoms with Crippen molar-refractivity contribution in [3.8, 4) is 11.3 Å². The molecule has 232 valence electrons. The first-order valence-corrected chi connectivity index (χ1v) is 17.4. The van der Waals surface area contributed by atoms with E-state index < -0.39 is 21.0 Å². The van der Waals surface area contributed by atoms with E-state index in [1.165, 1.54) is 32.1 Å². The third kappa shape index (κ3) is 6.66. The Balaban J connectivity index is 1.53. The molecule has 1 amide bonds. The van der Waals surface area contributed by atoms with Crippen LogP contribution in [-0.2, 0) is 26.7 Å². The van der Waals surface area contributed by atoms with E-state index in [0.29, 0.717) is 10.8 Å². The number of ether oxygens (including phenoxy) is 1. The Bertz CT molecular complexity index is 1420. The van der Waals surface area contributed by atoms with Gasteiger partial charge in [0.2, 0.25) is 10.0 Å². The first-order chi connectivity index (χ1) is 19.6. The highest BCUT2D eigenvalue weighted by Crippen LogP contribution is 2.53. The van der Waals surface area contributed by atoms with Gasteiger partial charge in [-0.2, -0.15) is 0 Å². The van der Waals surface area contributed by atoms with Crippen molar-refractivity contribution < 1.29 is 17.9 Å². The summed E-state index contributed by atoms with van der Waals surface area (Å²) in [4.78, 5) is 14.0. The average Bonchev–Trinajstić information content (AvgIpc) is 3.43. The number of rotatable bonds is 7. The molecule has 3 aliphatic rings. The number of hydrogen-bond acceptors (Lipinski definition) is 4. The topological polar surface area (TPSA) is 89.4 Å². The fraction of sp³-hybridized carbons (Fsp3) is 0.676. The Morgan fingerprint density at radius 1 is 1.02 bits per heavy atom. The lowest BCUT2D eigenvalue weighted by Gasteiger charge is -2.27. The maximum absolute atomic E-state index is 13.7.